The van der Waals surface area contributed by atoms with Gasteiger partial charge in [-0.15, -0.1) is 0 Å². The van der Waals surface area contributed by atoms with E-state index in [-0.39, 0.29) is 0 Å². The van der Waals surface area contributed by atoms with Gasteiger partial charge in [-0.05, 0) is 94.9 Å². The maximum atomic E-state index is 4.05. The van der Waals surface area contributed by atoms with E-state index in [4.69, 9.17) is 0 Å². The summed E-state index contributed by atoms with van der Waals surface area (Å²) in [6.45, 7) is 4.05. The Hall–Kier alpha value is -6.38. The lowest BCUT2D eigenvalue weighted by molar-refractivity contribution is 1.18. The molecule has 232 valence electrons. The van der Waals surface area contributed by atoms with E-state index in [0.29, 0.717) is 0 Å². The van der Waals surface area contributed by atoms with Crippen molar-refractivity contribution in [3.05, 3.63) is 194 Å². The molecular weight excluding hydrogens is 593 g/mol. The predicted octanol–water partition coefficient (Wildman–Crippen LogP) is 12.7. The molecule has 1 aliphatic carbocycles. The van der Waals surface area contributed by atoms with Gasteiger partial charge in [0.1, 0.15) is 0 Å². The molecule has 0 amide bonds. The Morgan fingerprint density at radius 3 is 1.82 bits per heavy atom. The molecule has 0 N–H and O–H groups in total. The van der Waals surface area contributed by atoms with Crippen molar-refractivity contribution in [2.45, 2.75) is 6.42 Å². The van der Waals surface area contributed by atoms with Crippen LogP contribution in [0.3, 0.4) is 0 Å². The van der Waals surface area contributed by atoms with Crippen LogP contribution in [0.15, 0.2) is 194 Å². The molecule has 6 aromatic carbocycles. The van der Waals surface area contributed by atoms with Crippen LogP contribution < -0.4 is 0 Å². The van der Waals surface area contributed by atoms with Crippen LogP contribution in [0, 0.1) is 0 Å². The van der Waals surface area contributed by atoms with Crippen LogP contribution >= 0.6 is 0 Å². The van der Waals surface area contributed by atoms with Gasteiger partial charge in [-0.1, -0.05) is 128 Å². The van der Waals surface area contributed by atoms with Crippen molar-refractivity contribution < 1.29 is 0 Å². The van der Waals surface area contributed by atoms with Crippen LogP contribution in [0.4, 0.5) is 0 Å². The van der Waals surface area contributed by atoms with Gasteiger partial charge in [0.2, 0.25) is 0 Å². The molecule has 9 rings (SSSR count). The average molecular weight is 627 g/mol. The number of nitrogens with zero attached hydrogens (tertiary/aromatic N) is 2. The molecule has 2 aromatic heterocycles. The Kier molecular flexibility index (Phi) is 7.06. The second-order valence-electron chi connectivity index (χ2n) is 12.6. The molecule has 0 saturated heterocycles. The van der Waals surface area contributed by atoms with Crippen molar-refractivity contribution in [1.82, 2.24) is 9.13 Å². The van der Waals surface area contributed by atoms with E-state index in [1.54, 1.807) is 0 Å². The summed E-state index contributed by atoms with van der Waals surface area (Å²) in [4.78, 5) is 0. The molecule has 0 fully saturated rings. The SMILES string of the molecule is C=C/C=C(\C=C1\C=CC=CC1)n1c2ccccc2c2cc(-c3ccc4c(c3)c3ccccc3n4-c3ccc(-c4ccccc4)cc3)ccc21. The summed E-state index contributed by atoms with van der Waals surface area (Å²) < 4.78 is 4.76. The van der Waals surface area contributed by atoms with Gasteiger partial charge in [0.15, 0.2) is 0 Å². The first-order chi connectivity index (χ1) is 24.3. The molecule has 0 aliphatic heterocycles. The number of rotatable bonds is 6. The number of aromatic nitrogens is 2. The van der Waals surface area contributed by atoms with Gasteiger partial charge in [0.05, 0.1) is 22.1 Å². The Labute approximate surface area is 286 Å². The molecule has 2 heteroatoms. The quantitative estimate of drug-likeness (QED) is 0.163. The molecular formula is C47H34N2. The molecule has 2 heterocycles. The maximum Gasteiger partial charge on any atom is 0.0541 e. The van der Waals surface area contributed by atoms with Crippen molar-refractivity contribution in [2.75, 3.05) is 0 Å². The van der Waals surface area contributed by atoms with Crippen molar-refractivity contribution in [3.8, 4) is 27.9 Å². The van der Waals surface area contributed by atoms with Crippen LogP contribution in [-0.2, 0) is 0 Å². The summed E-state index contributed by atoms with van der Waals surface area (Å²) in [6.07, 6.45) is 15.8. The Bertz CT molecular complexity index is 2670. The third-order valence-electron chi connectivity index (χ3n) is 9.70. The lowest BCUT2D eigenvalue weighted by atomic mass is 10.0. The summed E-state index contributed by atoms with van der Waals surface area (Å²) in [7, 11) is 0. The molecule has 0 radical (unpaired) electrons. The van der Waals surface area contributed by atoms with Gasteiger partial charge in [-0.2, -0.15) is 0 Å². The number of allylic oxidation sites excluding steroid dienone is 9. The van der Waals surface area contributed by atoms with E-state index >= 15 is 0 Å². The highest BCUT2D eigenvalue weighted by atomic mass is 15.0. The van der Waals surface area contributed by atoms with Gasteiger partial charge >= 0.3 is 0 Å². The summed E-state index contributed by atoms with van der Waals surface area (Å²) in [5, 5.41) is 4.98. The van der Waals surface area contributed by atoms with Gasteiger partial charge in [0.25, 0.3) is 0 Å². The summed E-state index contributed by atoms with van der Waals surface area (Å²) in [5.41, 5.74) is 13.2. The topological polar surface area (TPSA) is 9.86 Å². The van der Waals surface area contributed by atoms with E-state index in [9.17, 15) is 0 Å². The summed E-state index contributed by atoms with van der Waals surface area (Å²) in [6, 6.07) is 50.7. The van der Waals surface area contributed by atoms with Crippen molar-refractivity contribution >= 4 is 49.3 Å². The highest BCUT2D eigenvalue weighted by Gasteiger charge is 2.16. The number of hydrogen-bond acceptors (Lipinski definition) is 0. The number of para-hydroxylation sites is 2. The fourth-order valence-corrected chi connectivity index (χ4v) is 7.43. The largest absolute Gasteiger partial charge is 0.309 e. The van der Waals surface area contributed by atoms with Gasteiger partial charge in [-0.3, -0.25) is 0 Å². The molecule has 0 unspecified atom stereocenters. The van der Waals surface area contributed by atoms with Gasteiger partial charge < -0.3 is 9.13 Å². The zero-order valence-electron chi connectivity index (χ0n) is 27.1. The Balaban J connectivity index is 1.17. The summed E-state index contributed by atoms with van der Waals surface area (Å²) >= 11 is 0. The first kappa shape index (κ1) is 28.8. The highest BCUT2D eigenvalue weighted by molar-refractivity contribution is 6.13. The Morgan fingerprint density at radius 2 is 1.10 bits per heavy atom. The lowest BCUT2D eigenvalue weighted by Gasteiger charge is -2.12. The second-order valence-corrected chi connectivity index (χ2v) is 12.6. The van der Waals surface area contributed by atoms with Crippen LogP contribution in [0.5, 0.6) is 0 Å². The molecule has 0 spiro atoms. The first-order valence-corrected chi connectivity index (χ1v) is 16.9. The lowest BCUT2D eigenvalue weighted by Crippen LogP contribution is -1.96. The normalized spacial score (nSPS) is 14.1. The minimum atomic E-state index is 0.921. The van der Waals surface area contributed by atoms with Crippen LogP contribution in [0.2, 0.25) is 0 Å². The minimum absolute atomic E-state index is 0.921. The minimum Gasteiger partial charge on any atom is -0.309 e. The second kappa shape index (κ2) is 12.0. The van der Waals surface area contributed by atoms with Crippen LogP contribution in [0.25, 0.3) is 77.2 Å². The summed E-state index contributed by atoms with van der Waals surface area (Å²) in [5.74, 6) is 0. The number of fused-ring (bicyclic) bond motifs is 6. The predicted molar refractivity (Wildman–Crippen MR) is 210 cm³/mol. The molecule has 0 atom stereocenters. The zero-order valence-corrected chi connectivity index (χ0v) is 27.1. The van der Waals surface area contributed by atoms with Crippen molar-refractivity contribution in [2.24, 2.45) is 0 Å². The smallest absolute Gasteiger partial charge is 0.0541 e. The first-order valence-electron chi connectivity index (χ1n) is 16.9. The van der Waals surface area contributed by atoms with Gasteiger partial charge in [-0.25, -0.2) is 0 Å². The molecule has 1 aliphatic rings. The highest BCUT2D eigenvalue weighted by Crippen LogP contribution is 2.38. The van der Waals surface area contributed by atoms with E-state index in [1.165, 1.54) is 71.4 Å². The van der Waals surface area contributed by atoms with Crippen molar-refractivity contribution in [1.29, 1.82) is 0 Å². The molecule has 49 heavy (non-hydrogen) atoms. The van der Waals surface area contributed by atoms with Crippen molar-refractivity contribution in [3.63, 3.8) is 0 Å². The monoisotopic (exact) mass is 626 g/mol. The van der Waals surface area contributed by atoms with Crippen LogP contribution in [-0.4, -0.2) is 9.13 Å². The fourth-order valence-electron chi connectivity index (χ4n) is 7.43. The van der Waals surface area contributed by atoms with Crippen LogP contribution in [0.1, 0.15) is 6.42 Å². The fraction of sp³-hybridized carbons (Fsp3) is 0.0213. The van der Waals surface area contributed by atoms with Gasteiger partial charge in [0, 0.05) is 32.9 Å². The zero-order chi connectivity index (χ0) is 32.7. The molecule has 0 bridgehead atoms. The maximum absolute atomic E-state index is 4.05. The number of benzene rings is 6. The third-order valence-corrected chi connectivity index (χ3v) is 9.70. The molecule has 0 saturated carbocycles. The molecule has 2 nitrogen and oxygen atoms in total. The third kappa shape index (κ3) is 4.97. The van der Waals surface area contributed by atoms with E-state index in [2.05, 4.69) is 192 Å². The van der Waals surface area contributed by atoms with E-state index < -0.39 is 0 Å². The Morgan fingerprint density at radius 1 is 0.531 bits per heavy atom. The average Bonchev–Trinajstić information content (AvgIpc) is 3.68. The van der Waals surface area contributed by atoms with E-state index in [0.717, 1.165) is 17.8 Å². The number of hydrogen-bond donors (Lipinski definition) is 0. The molecule has 8 aromatic rings. The van der Waals surface area contributed by atoms with E-state index in [1.807, 2.05) is 6.08 Å². The standard InChI is InChI=1S/C47H34N2/c1-2-13-39(30-33-14-5-3-6-15-33)49-45-21-12-10-19-41(45)43-32-37(25-29-47(43)49)36-24-28-46-42(31-36)40-18-9-11-20-44(40)48(46)38-26-22-35(23-27-38)34-16-7-4-8-17-34/h2-14,16-32H,1,15H2/b33-30-,39-13+.